The fraction of sp³-hybridized carbons (Fsp3) is 0.357. The van der Waals surface area contributed by atoms with Crippen molar-refractivity contribution in [2.24, 2.45) is 5.73 Å². The van der Waals surface area contributed by atoms with Crippen LogP contribution in [0, 0.1) is 6.92 Å². The van der Waals surface area contributed by atoms with Crippen LogP contribution in [0.3, 0.4) is 0 Å². The van der Waals surface area contributed by atoms with Crippen LogP contribution in [0.15, 0.2) is 28.9 Å². The van der Waals surface area contributed by atoms with Crippen molar-refractivity contribution >= 4 is 27.5 Å². The van der Waals surface area contributed by atoms with Gasteiger partial charge >= 0.3 is 0 Å². The predicted molar refractivity (Wildman–Crippen MR) is 83.0 cm³/mol. The lowest BCUT2D eigenvalue weighted by Gasteiger charge is -2.11. The second kappa shape index (κ2) is 6.07. The van der Waals surface area contributed by atoms with E-state index in [0.717, 1.165) is 28.7 Å². The van der Waals surface area contributed by atoms with Crippen molar-refractivity contribution in [1.29, 1.82) is 0 Å². The van der Waals surface area contributed by atoms with Gasteiger partial charge in [-0.15, -0.1) is 0 Å². The minimum absolute atomic E-state index is 0.198. The molecule has 19 heavy (non-hydrogen) atoms. The summed E-state index contributed by atoms with van der Waals surface area (Å²) in [5.74, 6) is 0. The molecule has 1 aromatic heterocycles. The average molecular weight is 343 g/mol. The number of hydrogen-bond acceptors (Lipinski definition) is 2. The van der Waals surface area contributed by atoms with E-state index in [1.807, 2.05) is 25.3 Å². The third-order valence-corrected chi connectivity index (χ3v) is 4.26. The average Bonchev–Trinajstić information content (AvgIpc) is 2.72. The van der Waals surface area contributed by atoms with Gasteiger partial charge in [-0.25, -0.2) is 4.68 Å². The van der Waals surface area contributed by atoms with Gasteiger partial charge < -0.3 is 5.73 Å². The highest BCUT2D eigenvalue weighted by Crippen LogP contribution is 2.23. The minimum Gasteiger partial charge on any atom is -0.327 e. The molecule has 0 aliphatic rings. The molecule has 1 atom stereocenters. The van der Waals surface area contributed by atoms with Gasteiger partial charge in [0.05, 0.1) is 16.4 Å². The molecular formula is C14H17BrClN3. The SMILES string of the molecule is CCC(N)Cc1ccc(-n2cc(Cl)c(C)n2)cc1Br. The highest BCUT2D eigenvalue weighted by molar-refractivity contribution is 9.10. The van der Waals surface area contributed by atoms with Gasteiger partial charge in [-0.2, -0.15) is 5.10 Å². The van der Waals surface area contributed by atoms with Crippen molar-refractivity contribution in [2.75, 3.05) is 0 Å². The summed E-state index contributed by atoms with van der Waals surface area (Å²) in [5, 5.41) is 5.04. The second-order valence-electron chi connectivity index (χ2n) is 4.66. The number of nitrogens with zero attached hydrogens (tertiary/aromatic N) is 2. The normalized spacial score (nSPS) is 12.7. The van der Waals surface area contributed by atoms with E-state index >= 15 is 0 Å². The number of halogens is 2. The fourth-order valence-electron chi connectivity index (χ4n) is 1.84. The molecule has 3 nitrogen and oxygen atoms in total. The Balaban J connectivity index is 2.28. The lowest BCUT2D eigenvalue weighted by atomic mass is 10.0. The van der Waals surface area contributed by atoms with Crippen LogP contribution in [0.25, 0.3) is 5.69 Å². The van der Waals surface area contributed by atoms with Crippen molar-refractivity contribution < 1.29 is 0 Å². The Kier molecular flexibility index (Phi) is 4.66. The van der Waals surface area contributed by atoms with E-state index in [4.69, 9.17) is 17.3 Å². The first-order chi connectivity index (χ1) is 9.01. The summed E-state index contributed by atoms with van der Waals surface area (Å²) in [6, 6.07) is 6.36. The number of aromatic nitrogens is 2. The van der Waals surface area contributed by atoms with Crippen LogP contribution in [0.1, 0.15) is 24.6 Å². The molecule has 0 saturated carbocycles. The summed E-state index contributed by atoms with van der Waals surface area (Å²) in [5.41, 5.74) is 9.02. The Morgan fingerprint density at radius 2 is 2.21 bits per heavy atom. The number of rotatable bonds is 4. The molecule has 2 aromatic rings. The van der Waals surface area contributed by atoms with Gasteiger partial charge in [-0.3, -0.25) is 0 Å². The predicted octanol–water partition coefficient (Wildman–Crippen LogP) is 3.88. The summed E-state index contributed by atoms with van der Waals surface area (Å²) in [7, 11) is 0. The lowest BCUT2D eigenvalue weighted by Crippen LogP contribution is -2.21. The standard InChI is InChI=1S/C14H17BrClN3/c1-3-11(17)6-10-4-5-12(7-13(10)15)19-8-14(16)9(2)18-19/h4-5,7-8,11H,3,6,17H2,1-2H3. The van der Waals surface area contributed by atoms with E-state index in [1.54, 1.807) is 4.68 Å². The zero-order chi connectivity index (χ0) is 14.0. The maximum absolute atomic E-state index is 6.03. The van der Waals surface area contributed by atoms with E-state index in [9.17, 15) is 0 Å². The molecular weight excluding hydrogens is 326 g/mol. The van der Waals surface area contributed by atoms with Crippen molar-refractivity contribution in [3.8, 4) is 5.69 Å². The molecule has 1 unspecified atom stereocenters. The third kappa shape index (κ3) is 3.38. The number of benzene rings is 1. The van der Waals surface area contributed by atoms with Crippen LogP contribution in [0.4, 0.5) is 0 Å². The van der Waals surface area contributed by atoms with E-state index in [-0.39, 0.29) is 6.04 Å². The lowest BCUT2D eigenvalue weighted by molar-refractivity contribution is 0.645. The minimum atomic E-state index is 0.198. The van der Waals surface area contributed by atoms with Crippen LogP contribution >= 0.6 is 27.5 Å². The Labute approximate surface area is 126 Å². The van der Waals surface area contributed by atoms with Crippen molar-refractivity contribution in [2.45, 2.75) is 32.7 Å². The molecule has 2 rings (SSSR count). The van der Waals surface area contributed by atoms with Crippen LogP contribution in [-0.2, 0) is 6.42 Å². The fourth-order valence-corrected chi connectivity index (χ4v) is 2.50. The number of hydrogen-bond donors (Lipinski definition) is 1. The van der Waals surface area contributed by atoms with Gasteiger partial charge in [0.1, 0.15) is 0 Å². The van der Waals surface area contributed by atoms with Gasteiger partial charge in [-0.1, -0.05) is 40.5 Å². The van der Waals surface area contributed by atoms with Gasteiger partial charge in [0.2, 0.25) is 0 Å². The molecule has 0 aliphatic carbocycles. The molecule has 0 amide bonds. The molecule has 2 N–H and O–H groups in total. The second-order valence-corrected chi connectivity index (χ2v) is 5.92. The van der Waals surface area contributed by atoms with Crippen molar-refractivity contribution in [3.05, 3.63) is 45.1 Å². The highest BCUT2D eigenvalue weighted by Gasteiger charge is 2.09. The first kappa shape index (κ1) is 14.6. The first-order valence-corrected chi connectivity index (χ1v) is 7.44. The molecule has 0 spiro atoms. The Morgan fingerprint density at radius 3 is 2.74 bits per heavy atom. The summed E-state index contributed by atoms with van der Waals surface area (Å²) in [6.07, 6.45) is 3.66. The zero-order valence-electron chi connectivity index (χ0n) is 11.0. The van der Waals surface area contributed by atoms with Gasteiger partial charge in [-0.05, 0) is 37.5 Å². The van der Waals surface area contributed by atoms with Crippen LogP contribution in [0.2, 0.25) is 5.02 Å². The number of aryl methyl sites for hydroxylation is 1. The maximum Gasteiger partial charge on any atom is 0.0819 e. The Hall–Kier alpha value is -0.840. The van der Waals surface area contributed by atoms with E-state index in [1.165, 1.54) is 5.56 Å². The van der Waals surface area contributed by atoms with Crippen LogP contribution < -0.4 is 5.73 Å². The van der Waals surface area contributed by atoms with Gasteiger partial charge in [0, 0.05) is 16.7 Å². The highest BCUT2D eigenvalue weighted by atomic mass is 79.9. The summed E-state index contributed by atoms with van der Waals surface area (Å²) in [4.78, 5) is 0. The van der Waals surface area contributed by atoms with E-state index in [0.29, 0.717) is 5.02 Å². The monoisotopic (exact) mass is 341 g/mol. The number of nitrogens with two attached hydrogens (primary N) is 1. The largest absolute Gasteiger partial charge is 0.327 e. The smallest absolute Gasteiger partial charge is 0.0819 e. The topological polar surface area (TPSA) is 43.8 Å². The Bertz CT molecular complexity index is 561. The summed E-state index contributed by atoms with van der Waals surface area (Å²) < 4.78 is 2.84. The van der Waals surface area contributed by atoms with Gasteiger partial charge in [0.25, 0.3) is 0 Å². The molecule has 0 radical (unpaired) electrons. The molecule has 1 aromatic carbocycles. The molecule has 0 bridgehead atoms. The van der Waals surface area contributed by atoms with Gasteiger partial charge in [0.15, 0.2) is 0 Å². The quantitative estimate of drug-likeness (QED) is 0.916. The third-order valence-electron chi connectivity index (χ3n) is 3.15. The van der Waals surface area contributed by atoms with E-state index in [2.05, 4.69) is 34.0 Å². The molecule has 0 saturated heterocycles. The molecule has 5 heteroatoms. The zero-order valence-corrected chi connectivity index (χ0v) is 13.4. The first-order valence-electron chi connectivity index (χ1n) is 6.27. The molecule has 102 valence electrons. The molecule has 0 fully saturated rings. The molecule has 1 heterocycles. The van der Waals surface area contributed by atoms with Crippen molar-refractivity contribution in [3.63, 3.8) is 0 Å². The van der Waals surface area contributed by atoms with Crippen LogP contribution in [0.5, 0.6) is 0 Å². The summed E-state index contributed by atoms with van der Waals surface area (Å²) >= 11 is 9.62. The van der Waals surface area contributed by atoms with E-state index < -0.39 is 0 Å². The maximum atomic E-state index is 6.03. The summed E-state index contributed by atoms with van der Waals surface area (Å²) in [6.45, 7) is 3.99. The van der Waals surface area contributed by atoms with Crippen LogP contribution in [-0.4, -0.2) is 15.8 Å². The molecule has 0 aliphatic heterocycles. The van der Waals surface area contributed by atoms with Crippen molar-refractivity contribution in [1.82, 2.24) is 9.78 Å². The Morgan fingerprint density at radius 1 is 1.47 bits per heavy atom.